The van der Waals surface area contributed by atoms with Crippen molar-refractivity contribution < 1.29 is 9.26 Å². The van der Waals surface area contributed by atoms with Crippen LogP contribution in [0.2, 0.25) is 0 Å². The standard InChI is InChI=1S/C17H23N5O2/c1-21-7-6-18-12-15(21)16-19-17(24-20-16)13-2-4-14(5-3-13)22-8-10-23-11-9-22/h2-5,15,18H,6-12H2,1H3. The van der Waals surface area contributed by atoms with Crippen molar-refractivity contribution in [1.29, 1.82) is 0 Å². The molecular formula is C17H23N5O2. The number of anilines is 1. The number of hydrogen-bond donors (Lipinski definition) is 1. The van der Waals surface area contributed by atoms with Crippen LogP contribution in [0.25, 0.3) is 11.5 Å². The first-order valence-corrected chi connectivity index (χ1v) is 8.49. The van der Waals surface area contributed by atoms with Gasteiger partial charge in [-0.15, -0.1) is 0 Å². The first kappa shape index (κ1) is 15.6. The predicted octanol–water partition coefficient (Wildman–Crippen LogP) is 1.15. The fraction of sp³-hybridized carbons (Fsp3) is 0.529. The van der Waals surface area contributed by atoms with E-state index in [4.69, 9.17) is 9.26 Å². The molecule has 0 radical (unpaired) electrons. The van der Waals surface area contributed by atoms with Gasteiger partial charge in [-0.05, 0) is 31.3 Å². The van der Waals surface area contributed by atoms with Crippen LogP contribution in [0.4, 0.5) is 5.69 Å². The summed E-state index contributed by atoms with van der Waals surface area (Å²) in [6, 6.07) is 8.48. The van der Waals surface area contributed by atoms with E-state index >= 15 is 0 Å². The highest BCUT2D eigenvalue weighted by molar-refractivity contribution is 5.59. The van der Waals surface area contributed by atoms with Gasteiger partial charge in [0.2, 0.25) is 0 Å². The van der Waals surface area contributed by atoms with Crippen molar-refractivity contribution in [3.8, 4) is 11.5 Å². The molecule has 0 bridgehead atoms. The van der Waals surface area contributed by atoms with Crippen molar-refractivity contribution in [3.05, 3.63) is 30.1 Å². The zero-order valence-electron chi connectivity index (χ0n) is 13.9. The Bertz CT molecular complexity index is 666. The van der Waals surface area contributed by atoms with Crippen LogP contribution in [0, 0.1) is 0 Å². The lowest BCUT2D eigenvalue weighted by atomic mass is 10.1. The predicted molar refractivity (Wildman–Crippen MR) is 91.0 cm³/mol. The molecule has 2 saturated heterocycles. The van der Waals surface area contributed by atoms with Gasteiger partial charge in [0.1, 0.15) is 0 Å². The summed E-state index contributed by atoms with van der Waals surface area (Å²) >= 11 is 0. The van der Waals surface area contributed by atoms with Crippen LogP contribution in [-0.4, -0.2) is 68.0 Å². The van der Waals surface area contributed by atoms with Crippen molar-refractivity contribution >= 4 is 5.69 Å². The summed E-state index contributed by atoms with van der Waals surface area (Å²) < 4.78 is 10.9. The first-order chi connectivity index (χ1) is 11.8. The van der Waals surface area contributed by atoms with Crippen molar-refractivity contribution in [1.82, 2.24) is 20.4 Å². The van der Waals surface area contributed by atoms with E-state index in [0.29, 0.717) is 5.89 Å². The molecule has 1 aromatic carbocycles. The number of hydrogen-bond acceptors (Lipinski definition) is 7. The Hall–Kier alpha value is -1.96. The molecule has 2 aromatic rings. The van der Waals surface area contributed by atoms with Crippen molar-refractivity contribution in [2.24, 2.45) is 0 Å². The lowest BCUT2D eigenvalue weighted by Crippen LogP contribution is -2.44. The van der Waals surface area contributed by atoms with Crippen LogP contribution in [0.1, 0.15) is 11.9 Å². The third kappa shape index (κ3) is 3.15. The fourth-order valence-electron chi connectivity index (χ4n) is 3.22. The van der Waals surface area contributed by atoms with Crippen LogP contribution in [0.3, 0.4) is 0 Å². The highest BCUT2D eigenvalue weighted by atomic mass is 16.5. The van der Waals surface area contributed by atoms with E-state index in [1.54, 1.807) is 0 Å². The van der Waals surface area contributed by atoms with Gasteiger partial charge in [0.15, 0.2) is 5.82 Å². The largest absolute Gasteiger partial charge is 0.378 e. The topological polar surface area (TPSA) is 66.7 Å². The molecule has 1 aromatic heterocycles. The quantitative estimate of drug-likeness (QED) is 0.906. The summed E-state index contributed by atoms with van der Waals surface area (Å²) in [5.74, 6) is 1.33. The van der Waals surface area contributed by atoms with Gasteiger partial charge in [0.25, 0.3) is 5.89 Å². The monoisotopic (exact) mass is 329 g/mol. The second-order valence-electron chi connectivity index (χ2n) is 6.30. The van der Waals surface area contributed by atoms with Gasteiger partial charge >= 0.3 is 0 Å². The van der Waals surface area contributed by atoms with Gasteiger partial charge in [0, 0.05) is 44.0 Å². The second-order valence-corrected chi connectivity index (χ2v) is 6.30. The SMILES string of the molecule is CN1CCNCC1c1noc(-c2ccc(N3CCOCC3)cc2)n1. The van der Waals surface area contributed by atoms with E-state index in [2.05, 4.69) is 44.4 Å². The molecule has 2 aliphatic heterocycles. The molecule has 0 spiro atoms. The molecule has 7 nitrogen and oxygen atoms in total. The molecule has 24 heavy (non-hydrogen) atoms. The molecule has 0 amide bonds. The number of likely N-dealkylation sites (N-methyl/N-ethyl adjacent to an activating group) is 1. The third-order valence-corrected chi connectivity index (χ3v) is 4.74. The molecule has 2 fully saturated rings. The zero-order chi connectivity index (χ0) is 16.4. The van der Waals surface area contributed by atoms with Crippen molar-refractivity contribution in [2.45, 2.75) is 6.04 Å². The average Bonchev–Trinajstić information content (AvgIpc) is 3.13. The Labute approximate surface area is 141 Å². The Morgan fingerprint density at radius 2 is 1.92 bits per heavy atom. The van der Waals surface area contributed by atoms with Crippen LogP contribution >= 0.6 is 0 Å². The summed E-state index contributed by atoms with van der Waals surface area (Å²) in [7, 11) is 2.10. The molecule has 2 aliphatic rings. The fourth-order valence-corrected chi connectivity index (χ4v) is 3.22. The van der Waals surface area contributed by atoms with Crippen molar-refractivity contribution in [2.75, 3.05) is 57.9 Å². The number of piperazine rings is 1. The van der Waals surface area contributed by atoms with Crippen LogP contribution in [0.15, 0.2) is 28.8 Å². The molecule has 7 heteroatoms. The van der Waals surface area contributed by atoms with Gasteiger partial charge in [-0.25, -0.2) is 0 Å². The molecule has 0 saturated carbocycles. The first-order valence-electron chi connectivity index (χ1n) is 8.49. The summed E-state index contributed by atoms with van der Waals surface area (Å²) in [6.45, 7) is 6.29. The van der Waals surface area contributed by atoms with E-state index < -0.39 is 0 Å². The van der Waals surface area contributed by atoms with E-state index in [1.807, 2.05) is 12.1 Å². The Morgan fingerprint density at radius 1 is 1.12 bits per heavy atom. The summed E-state index contributed by atoms with van der Waals surface area (Å²) in [5, 5.41) is 7.56. The number of rotatable bonds is 3. The number of nitrogens with zero attached hydrogens (tertiary/aromatic N) is 4. The zero-order valence-corrected chi connectivity index (χ0v) is 13.9. The molecular weight excluding hydrogens is 306 g/mol. The average molecular weight is 329 g/mol. The van der Waals surface area contributed by atoms with E-state index in [9.17, 15) is 0 Å². The molecule has 1 unspecified atom stereocenters. The maximum absolute atomic E-state index is 5.49. The lowest BCUT2D eigenvalue weighted by Gasteiger charge is -2.30. The van der Waals surface area contributed by atoms with Gasteiger partial charge in [-0.2, -0.15) is 4.98 Å². The smallest absolute Gasteiger partial charge is 0.257 e. The summed E-state index contributed by atoms with van der Waals surface area (Å²) in [4.78, 5) is 9.19. The van der Waals surface area contributed by atoms with Crippen LogP contribution in [0.5, 0.6) is 0 Å². The molecule has 4 rings (SSSR count). The molecule has 1 atom stereocenters. The normalized spacial score (nSPS) is 22.7. The maximum Gasteiger partial charge on any atom is 0.257 e. The lowest BCUT2D eigenvalue weighted by molar-refractivity contribution is 0.122. The Kier molecular flexibility index (Phi) is 4.46. The Morgan fingerprint density at radius 3 is 2.67 bits per heavy atom. The number of nitrogens with one attached hydrogen (secondary N) is 1. The molecule has 0 aliphatic carbocycles. The minimum absolute atomic E-state index is 0.170. The molecule has 128 valence electrons. The minimum atomic E-state index is 0.170. The highest BCUT2D eigenvalue weighted by Gasteiger charge is 2.25. The van der Waals surface area contributed by atoms with Crippen LogP contribution < -0.4 is 10.2 Å². The number of morpholine rings is 1. The second kappa shape index (κ2) is 6.88. The highest BCUT2D eigenvalue weighted by Crippen LogP contribution is 2.25. The van der Waals surface area contributed by atoms with E-state index in [1.165, 1.54) is 5.69 Å². The number of ether oxygens (including phenoxy) is 1. The Balaban J connectivity index is 1.49. The van der Waals surface area contributed by atoms with Gasteiger partial charge < -0.3 is 19.5 Å². The van der Waals surface area contributed by atoms with Gasteiger partial charge in [0.05, 0.1) is 19.3 Å². The van der Waals surface area contributed by atoms with Crippen molar-refractivity contribution in [3.63, 3.8) is 0 Å². The van der Waals surface area contributed by atoms with E-state index in [-0.39, 0.29) is 6.04 Å². The minimum Gasteiger partial charge on any atom is -0.378 e. The molecule has 3 heterocycles. The third-order valence-electron chi connectivity index (χ3n) is 4.74. The van der Waals surface area contributed by atoms with Crippen LogP contribution in [-0.2, 0) is 4.74 Å². The number of benzene rings is 1. The molecule has 1 N–H and O–H groups in total. The summed E-state index contributed by atoms with van der Waals surface area (Å²) in [6.07, 6.45) is 0. The van der Waals surface area contributed by atoms with Gasteiger partial charge in [-0.3, -0.25) is 4.90 Å². The number of aromatic nitrogens is 2. The van der Waals surface area contributed by atoms with Gasteiger partial charge in [-0.1, -0.05) is 5.16 Å². The van der Waals surface area contributed by atoms with E-state index in [0.717, 1.165) is 57.3 Å². The summed E-state index contributed by atoms with van der Waals surface area (Å²) in [5.41, 5.74) is 2.16. The maximum atomic E-state index is 5.49.